The van der Waals surface area contributed by atoms with E-state index in [1.807, 2.05) is 32.0 Å². The number of amides is 1. The zero-order valence-electron chi connectivity index (χ0n) is 14.2. The highest BCUT2D eigenvalue weighted by molar-refractivity contribution is 5.94. The highest BCUT2D eigenvalue weighted by Crippen LogP contribution is 2.18. The summed E-state index contributed by atoms with van der Waals surface area (Å²) in [6, 6.07) is 5.90. The van der Waals surface area contributed by atoms with Crippen molar-refractivity contribution < 1.29 is 9.53 Å². The molecule has 0 bridgehead atoms. The zero-order valence-corrected chi connectivity index (χ0v) is 14.2. The first-order chi connectivity index (χ1) is 10.5. The Bertz CT molecular complexity index is 514. The summed E-state index contributed by atoms with van der Waals surface area (Å²) in [4.78, 5) is 14.7. The van der Waals surface area contributed by atoms with E-state index in [0.29, 0.717) is 0 Å². The number of nitrogens with one attached hydrogen (secondary N) is 1. The van der Waals surface area contributed by atoms with Crippen LogP contribution in [0.15, 0.2) is 18.2 Å². The fourth-order valence-corrected chi connectivity index (χ4v) is 2.92. The zero-order chi connectivity index (χ0) is 16.1. The average molecular weight is 304 g/mol. The Labute approximate surface area is 133 Å². The van der Waals surface area contributed by atoms with Crippen LogP contribution in [0.5, 0.6) is 0 Å². The van der Waals surface area contributed by atoms with Crippen molar-refractivity contribution in [1.82, 2.24) is 4.90 Å². The maximum Gasteiger partial charge on any atom is 0.241 e. The van der Waals surface area contributed by atoms with Gasteiger partial charge in [-0.1, -0.05) is 6.07 Å². The number of benzene rings is 1. The van der Waals surface area contributed by atoms with Crippen molar-refractivity contribution in [3.8, 4) is 0 Å². The summed E-state index contributed by atoms with van der Waals surface area (Å²) in [5, 5.41) is 3.03. The van der Waals surface area contributed by atoms with E-state index in [-0.39, 0.29) is 18.1 Å². The van der Waals surface area contributed by atoms with E-state index in [2.05, 4.69) is 24.1 Å². The minimum atomic E-state index is -0.134. The lowest BCUT2D eigenvalue weighted by Crippen LogP contribution is -2.49. The molecule has 122 valence electrons. The largest absolute Gasteiger partial charge is 0.377 e. The standard InChI is InChI=1S/C18H28N2O2/c1-5-22-17-7-6-10-20(12-17)15(4)18(21)19-16-9-8-13(2)14(3)11-16/h8-9,11,15,17H,5-7,10,12H2,1-4H3,(H,19,21). The quantitative estimate of drug-likeness (QED) is 0.908. The van der Waals surface area contributed by atoms with Gasteiger partial charge in [-0.15, -0.1) is 0 Å². The topological polar surface area (TPSA) is 41.6 Å². The van der Waals surface area contributed by atoms with Crippen LogP contribution in [0.1, 0.15) is 37.8 Å². The summed E-state index contributed by atoms with van der Waals surface area (Å²) in [6.45, 7) is 10.7. The fourth-order valence-electron chi connectivity index (χ4n) is 2.92. The third-order valence-electron chi connectivity index (χ3n) is 4.51. The molecule has 1 amide bonds. The van der Waals surface area contributed by atoms with Crippen molar-refractivity contribution in [1.29, 1.82) is 0 Å². The number of hydrogen-bond acceptors (Lipinski definition) is 3. The predicted octanol–water partition coefficient (Wildman–Crippen LogP) is 3.13. The Morgan fingerprint density at radius 2 is 2.18 bits per heavy atom. The Morgan fingerprint density at radius 1 is 1.41 bits per heavy atom. The van der Waals surface area contributed by atoms with Gasteiger partial charge in [0.1, 0.15) is 0 Å². The van der Waals surface area contributed by atoms with Crippen LogP contribution in [0.25, 0.3) is 0 Å². The summed E-state index contributed by atoms with van der Waals surface area (Å²) < 4.78 is 5.72. The molecule has 1 saturated heterocycles. The van der Waals surface area contributed by atoms with Gasteiger partial charge in [0.25, 0.3) is 0 Å². The molecular formula is C18H28N2O2. The Balaban J connectivity index is 1.94. The van der Waals surface area contributed by atoms with Crippen LogP contribution in [0, 0.1) is 13.8 Å². The summed E-state index contributed by atoms with van der Waals surface area (Å²) in [6.07, 6.45) is 2.44. The molecule has 0 aliphatic carbocycles. The monoisotopic (exact) mass is 304 g/mol. The van der Waals surface area contributed by atoms with Gasteiger partial charge < -0.3 is 10.1 Å². The molecule has 0 aromatic heterocycles. The number of carbonyl (C=O) groups is 1. The van der Waals surface area contributed by atoms with Crippen molar-refractivity contribution in [3.05, 3.63) is 29.3 Å². The highest BCUT2D eigenvalue weighted by atomic mass is 16.5. The van der Waals surface area contributed by atoms with E-state index in [9.17, 15) is 4.79 Å². The molecule has 1 aromatic rings. The Hall–Kier alpha value is -1.39. The van der Waals surface area contributed by atoms with Crippen LogP contribution in [-0.4, -0.2) is 42.6 Å². The highest BCUT2D eigenvalue weighted by Gasteiger charge is 2.27. The second-order valence-corrected chi connectivity index (χ2v) is 6.18. The Morgan fingerprint density at radius 3 is 2.86 bits per heavy atom. The van der Waals surface area contributed by atoms with E-state index < -0.39 is 0 Å². The van der Waals surface area contributed by atoms with E-state index in [0.717, 1.165) is 38.2 Å². The lowest BCUT2D eigenvalue weighted by Gasteiger charge is -2.35. The molecule has 1 heterocycles. The average Bonchev–Trinajstić information content (AvgIpc) is 2.51. The minimum absolute atomic E-state index is 0.0559. The molecule has 22 heavy (non-hydrogen) atoms. The number of rotatable bonds is 5. The number of ether oxygens (including phenoxy) is 1. The minimum Gasteiger partial charge on any atom is -0.377 e. The van der Waals surface area contributed by atoms with Crippen molar-refractivity contribution in [2.45, 2.75) is 52.7 Å². The van der Waals surface area contributed by atoms with Gasteiger partial charge in [0.05, 0.1) is 12.1 Å². The fraction of sp³-hybridized carbons (Fsp3) is 0.611. The van der Waals surface area contributed by atoms with Gasteiger partial charge in [-0.25, -0.2) is 0 Å². The van der Waals surface area contributed by atoms with Crippen molar-refractivity contribution in [3.63, 3.8) is 0 Å². The number of hydrogen-bond donors (Lipinski definition) is 1. The van der Waals surface area contributed by atoms with Crippen LogP contribution in [-0.2, 0) is 9.53 Å². The number of anilines is 1. The van der Waals surface area contributed by atoms with Crippen LogP contribution < -0.4 is 5.32 Å². The molecule has 2 atom stereocenters. The second-order valence-electron chi connectivity index (χ2n) is 6.18. The van der Waals surface area contributed by atoms with E-state index in [1.165, 1.54) is 11.1 Å². The molecule has 4 heteroatoms. The molecule has 1 aliphatic rings. The van der Waals surface area contributed by atoms with E-state index >= 15 is 0 Å². The van der Waals surface area contributed by atoms with Crippen LogP contribution >= 0.6 is 0 Å². The summed E-state index contributed by atoms with van der Waals surface area (Å²) in [5.74, 6) is 0.0559. The first-order valence-electron chi connectivity index (χ1n) is 8.25. The molecule has 2 unspecified atom stereocenters. The van der Waals surface area contributed by atoms with Gasteiger partial charge in [0, 0.05) is 18.8 Å². The first-order valence-corrected chi connectivity index (χ1v) is 8.25. The molecular weight excluding hydrogens is 276 g/mol. The lowest BCUT2D eigenvalue weighted by atomic mass is 10.1. The van der Waals surface area contributed by atoms with Gasteiger partial charge in [-0.2, -0.15) is 0 Å². The Kier molecular flexibility index (Phi) is 5.98. The van der Waals surface area contributed by atoms with Crippen molar-refractivity contribution in [2.24, 2.45) is 0 Å². The molecule has 4 nitrogen and oxygen atoms in total. The normalized spacial score (nSPS) is 20.6. The molecule has 1 aliphatic heterocycles. The van der Waals surface area contributed by atoms with Gasteiger partial charge in [-0.05, 0) is 70.3 Å². The molecule has 1 fully saturated rings. The summed E-state index contributed by atoms with van der Waals surface area (Å²) in [7, 11) is 0. The van der Waals surface area contributed by atoms with Crippen LogP contribution in [0.2, 0.25) is 0 Å². The molecule has 0 radical (unpaired) electrons. The number of aryl methyl sites for hydroxylation is 2. The number of likely N-dealkylation sites (tertiary alicyclic amines) is 1. The van der Waals surface area contributed by atoms with Gasteiger partial charge in [0.15, 0.2) is 0 Å². The number of carbonyl (C=O) groups excluding carboxylic acids is 1. The SMILES string of the molecule is CCOC1CCCN(C(C)C(=O)Nc2ccc(C)c(C)c2)C1. The van der Waals surface area contributed by atoms with Crippen molar-refractivity contribution in [2.75, 3.05) is 25.0 Å². The maximum absolute atomic E-state index is 12.5. The molecule has 0 saturated carbocycles. The predicted molar refractivity (Wildman–Crippen MR) is 90.2 cm³/mol. The third kappa shape index (κ3) is 4.31. The summed E-state index contributed by atoms with van der Waals surface area (Å²) in [5.41, 5.74) is 3.31. The third-order valence-corrected chi connectivity index (χ3v) is 4.51. The molecule has 1 N–H and O–H groups in total. The molecule has 0 spiro atoms. The number of piperidine rings is 1. The molecule has 2 rings (SSSR count). The van der Waals surface area contributed by atoms with Gasteiger partial charge in [-0.3, -0.25) is 9.69 Å². The molecule has 1 aromatic carbocycles. The lowest BCUT2D eigenvalue weighted by molar-refractivity contribution is -0.122. The maximum atomic E-state index is 12.5. The van der Waals surface area contributed by atoms with Gasteiger partial charge >= 0.3 is 0 Å². The van der Waals surface area contributed by atoms with Gasteiger partial charge in [0.2, 0.25) is 5.91 Å². The van der Waals surface area contributed by atoms with Crippen molar-refractivity contribution >= 4 is 11.6 Å². The summed E-state index contributed by atoms with van der Waals surface area (Å²) >= 11 is 0. The van der Waals surface area contributed by atoms with E-state index in [1.54, 1.807) is 0 Å². The second kappa shape index (κ2) is 7.75. The smallest absolute Gasteiger partial charge is 0.241 e. The van der Waals surface area contributed by atoms with E-state index in [4.69, 9.17) is 4.74 Å². The first kappa shape index (κ1) is 17.0. The number of nitrogens with zero attached hydrogens (tertiary/aromatic N) is 1. The van der Waals surface area contributed by atoms with Crippen LogP contribution in [0.4, 0.5) is 5.69 Å². The van der Waals surface area contributed by atoms with Crippen LogP contribution in [0.3, 0.4) is 0 Å².